The quantitative estimate of drug-likeness (QED) is 0.678. The van der Waals surface area contributed by atoms with E-state index in [0.717, 1.165) is 0 Å². The van der Waals surface area contributed by atoms with Crippen molar-refractivity contribution in [2.45, 2.75) is 25.9 Å². The van der Waals surface area contributed by atoms with E-state index in [1.165, 1.54) is 0 Å². The maximum atomic E-state index is 11.8. The van der Waals surface area contributed by atoms with Gasteiger partial charge in [0.2, 0.25) is 0 Å². The Kier molecular flexibility index (Phi) is 5.82. The molecule has 0 saturated heterocycles. The highest BCUT2D eigenvalue weighted by atomic mass is 79.9. The van der Waals surface area contributed by atoms with Gasteiger partial charge in [-0.05, 0) is 58.7 Å². The van der Waals surface area contributed by atoms with Gasteiger partial charge in [0.1, 0.15) is 4.60 Å². The number of carboxylic acid groups (broad SMARTS) is 1. The number of aliphatic imine (C=N–C) groups is 1. The summed E-state index contributed by atoms with van der Waals surface area (Å²) in [5, 5.41) is 10.6. The number of halogens is 3. The Morgan fingerprint density at radius 1 is 1.38 bits per heavy atom. The molecule has 0 bridgehead atoms. The summed E-state index contributed by atoms with van der Waals surface area (Å²) in [6.45, 7) is 1.87. The molecule has 1 N–H and O–H groups in total. The largest absolute Gasteiger partial charge is 0.480 e. The van der Waals surface area contributed by atoms with Crippen molar-refractivity contribution >= 4 is 50.8 Å². The van der Waals surface area contributed by atoms with E-state index < -0.39 is 18.4 Å². The molecule has 0 amide bonds. The van der Waals surface area contributed by atoms with Crippen LogP contribution in [0.2, 0.25) is 10.0 Å². The molecule has 2 aromatic rings. The van der Waals surface area contributed by atoms with E-state index >= 15 is 0 Å². The summed E-state index contributed by atoms with van der Waals surface area (Å²) < 4.78 is 6.41. The molecule has 2 unspecified atom stereocenters. The highest BCUT2D eigenvalue weighted by Gasteiger charge is 2.41. The summed E-state index contributed by atoms with van der Waals surface area (Å²) in [7, 11) is 0. The number of aliphatic carboxylic acids is 1. The Morgan fingerprint density at radius 3 is 2.85 bits per heavy atom. The van der Waals surface area contributed by atoms with Gasteiger partial charge in [-0.2, -0.15) is 0 Å². The Labute approximate surface area is 168 Å². The second kappa shape index (κ2) is 7.92. The van der Waals surface area contributed by atoms with Gasteiger partial charge >= 0.3 is 5.97 Å². The first-order valence-electron chi connectivity index (χ1n) is 7.61. The minimum atomic E-state index is -1.01. The van der Waals surface area contributed by atoms with Crippen LogP contribution in [-0.4, -0.2) is 39.1 Å². The second-order valence-electron chi connectivity index (χ2n) is 5.66. The number of pyridine rings is 1. The smallest absolute Gasteiger partial charge is 0.327 e. The molecule has 0 spiro atoms. The zero-order chi connectivity index (χ0) is 18.8. The van der Waals surface area contributed by atoms with Gasteiger partial charge in [0, 0.05) is 28.5 Å². The molecule has 1 aliphatic heterocycles. The van der Waals surface area contributed by atoms with Crippen molar-refractivity contribution in [3.63, 3.8) is 0 Å². The molecule has 9 heteroatoms. The maximum Gasteiger partial charge on any atom is 0.327 e. The average Bonchev–Trinajstić information content (AvgIpc) is 2.88. The molecule has 2 heterocycles. The molecule has 3 rings (SSSR count). The minimum Gasteiger partial charge on any atom is -0.480 e. The number of hydrogen-bond acceptors (Lipinski definition) is 5. The highest BCUT2D eigenvalue weighted by Crippen LogP contribution is 2.30. The summed E-state index contributed by atoms with van der Waals surface area (Å²) in [6.07, 6.45) is 0.788. The lowest BCUT2D eigenvalue weighted by atomic mass is 10.1. The molecule has 1 aromatic carbocycles. The molecule has 0 aliphatic carbocycles. The van der Waals surface area contributed by atoms with Crippen molar-refractivity contribution in [1.82, 2.24) is 9.88 Å². The molecule has 6 nitrogen and oxygen atoms in total. The van der Waals surface area contributed by atoms with E-state index in [9.17, 15) is 9.90 Å². The first-order chi connectivity index (χ1) is 12.4. The molecule has 0 radical (unpaired) electrons. The zero-order valence-corrected chi connectivity index (χ0v) is 16.7. The first-order valence-corrected chi connectivity index (χ1v) is 9.15. The summed E-state index contributed by atoms with van der Waals surface area (Å²) >= 11 is 15.6. The maximum absolute atomic E-state index is 11.8. The average molecular weight is 459 g/mol. The van der Waals surface area contributed by atoms with Gasteiger partial charge < -0.3 is 9.84 Å². The fourth-order valence-corrected chi connectivity index (χ4v) is 3.42. The second-order valence-corrected chi connectivity index (χ2v) is 7.25. The number of hydrogen-bond donors (Lipinski definition) is 1. The Hall–Kier alpha value is -1.67. The van der Waals surface area contributed by atoms with Gasteiger partial charge in [-0.15, -0.1) is 0 Å². The van der Waals surface area contributed by atoms with Crippen molar-refractivity contribution in [1.29, 1.82) is 0 Å². The van der Waals surface area contributed by atoms with E-state index in [2.05, 4.69) is 25.9 Å². The zero-order valence-electron chi connectivity index (χ0n) is 13.6. The van der Waals surface area contributed by atoms with E-state index in [1.807, 2.05) is 0 Å². The molecular weight excluding hydrogens is 445 g/mol. The number of ether oxygens (including phenoxy) is 1. The van der Waals surface area contributed by atoms with Crippen LogP contribution in [0.3, 0.4) is 0 Å². The van der Waals surface area contributed by atoms with Gasteiger partial charge in [-0.3, -0.25) is 4.79 Å². The summed E-state index contributed by atoms with van der Waals surface area (Å²) in [5.74, 6) is -0.553. The van der Waals surface area contributed by atoms with Crippen LogP contribution in [0, 0.1) is 0 Å². The van der Waals surface area contributed by atoms with Crippen molar-refractivity contribution in [3.05, 3.63) is 56.7 Å². The van der Waals surface area contributed by atoms with Gasteiger partial charge in [0.25, 0.3) is 6.35 Å². The van der Waals surface area contributed by atoms with Gasteiger partial charge in [0.15, 0.2) is 11.8 Å². The van der Waals surface area contributed by atoms with Crippen LogP contribution in [-0.2, 0) is 11.3 Å². The predicted octanol–water partition coefficient (Wildman–Crippen LogP) is 4.24. The van der Waals surface area contributed by atoms with Crippen molar-refractivity contribution in [2.75, 3.05) is 0 Å². The Balaban J connectivity index is 1.92. The lowest BCUT2D eigenvalue weighted by molar-refractivity contribution is -0.143. The third-order valence-corrected chi connectivity index (χ3v) is 5.08. The van der Waals surface area contributed by atoms with Crippen LogP contribution in [0.15, 0.2) is 46.1 Å². The van der Waals surface area contributed by atoms with Crippen molar-refractivity contribution in [3.8, 4) is 5.75 Å². The molecule has 26 heavy (non-hydrogen) atoms. The number of rotatable bonds is 5. The number of carboxylic acids is 1. The minimum absolute atomic E-state index is 0.208. The Bertz CT molecular complexity index is 878. The van der Waals surface area contributed by atoms with Crippen molar-refractivity contribution in [2.24, 2.45) is 4.99 Å². The molecule has 2 atom stereocenters. The topological polar surface area (TPSA) is 75.0 Å². The van der Waals surface area contributed by atoms with Gasteiger partial charge in [0.05, 0.1) is 0 Å². The Morgan fingerprint density at radius 2 is 2.15 bits per heavy atom. The van der Waals surface area contributed by atoms with Crippen LogP contribution in [0.4, 0.5) is 0 Å². The monoisotopic (exact) mass is 457 g/mol. The van der Waals surface area contributed by atoms with Crippen molar-refractivity contribution < 1.29 is 14.6 Å². The number of aromatic nitrogens is 1. The van der Waals surface area contributed by atoms with Gasteiger partial charge in [-0.1, -0.05) is 23.2 Å². The molecular formula is C17H14BrCl2N3O3. The molecule has 0 fully saturated rings. The van der Waals surface area contributed by atoms with Crippen LogP contribution in [0.5, 0.6) is 5.75 Å². The third kappa shape index (κ3) is 4.01. The summed E-state index contributed by atoms with van der Waals surface area (Å²) in [4.78, 5) is 21.8. The fourth-order valence-electron chi connectivity index (χ4n) is 2.70. The molecule has 136 valence electrons. The summed E-state index contributed by atoms with van der Waals surface area (Å²) in [6, 6.07) is 7.57. The van der Waals surface area contributed by atoms with E-state index in [0.29, 0.717) is 31.7 Å². The SMILES string of the molecule is CC1=NC(Oc2cccnc2Br)N(Cc2cc(Cl)ccc2Cl)C1C(=O)O. The van der Waals surface area contributed by atoms with Gasteiger partial charge in [-0.25, -0.2) is 14.9 Å². The van der Waals surface area contributed by atoms with Crippen LogP contribution in [0.25, 0.3) is 0 Å². The fraction of sp³-hybridized carbons (Fsp3) is 0.235. The standard InChI is InChI=1S/C17H14BrCl2N3O3/c1-9-14(16(24)25)23(8-10-7-11(19)4-5-12(10)20)17(22-9)26-13-3-2-6-21-15(13)18/h2-7,14,17H,8H2,1H3,(H,24,25). The number of nitrogens with zero attached hydrogens (tertiary/aromatic N) is 3. The highest BCUT2D eigenvalue weighted by molar-refractivity contribution is 9.10. The van der Waals surface area contributed by atoms with Crippen LogP contribution in [0.1, 0.15) is 12.5 Å². The lowest BCUT2D eigenvalue weighted by Crippen LogP contribution is -2.46. The molecule has 0 saturated carbocycles. The van der Waals surface area contributed by atoms with E-state index in [1.54, 1.807) is 48.4 Å². The van der Waals surface area contributed by atoms with E-state index in [-0.39, 0.29) is 6.54 Å². The first kappa shape index (κ1) is 19.1. The van der Waals surface area contributed by atoms with Crippen LogP contribution < -0.4 is 4.74 Å². The molecule has 1 aromatic heterocycles. The lowest BCUT2D eigenvalue weighted by Gasteiger charge is -2.27. The van der Waals surface area contributed by atoms with Crippen LogP contribution >= 0.6 is 39.1 Å². The number of carbonyl (C=O) groups is 1. The summed E-state index contributed by atoms with van der Waals surface area (Å²) in [5.41, 5.74) is 1.13. The molecule has 1 aliphatic rings. The number of benzene rings is 1. The van der Waals surface area contributed by atoms with E-state index in [4.69, 9.17) is 27.9 Å². The third-order valence-electron chi connectivity index (χ3n) is 3.88. The predicted molar refractivity (Wildman–Crippen MR) is 103 cm³/mol. The normalized spacial score (nSPS) is 20.1.